The summed E-state index contributed by atoms with van der Waals surface area (Å²) < 4.78 is 11.2. The molecule has 188 valence electrons. The number of morpholine rings is 1. The van der Waals surface area contributed by atoms with Gasteiger partial charge in [0.25, 0.3) is 0 Å². The number of para-hydroxylation sites is 1. The molecule has 1 aliphatic rings. The van der Waals surface area contributed by atoms with E-state index in [4.69, 9.17) is 21.1 Å². The van der Waals surface area contributed by atoms with Crippen molar-refractivity contribution in [3.63, 3.8) is 0 Å². The number of ether oxygens (including phenoxy) is 2. The number of anilines is 3. The summed E-state index contributed by atoms with van der Waals surface area (Å²) in [5.74, 6) is 0.496. The number of hydrogen-bond acceptors (Lipinski definition) is 8. The van der Waals surface area contributed by atoms with Gasteiger partial charge in [-0.25, -0.2) is 9.97 Å². The Balaban J connectivity index is 1.48. The van der Waals surface area contributed by atoms with E-state index in [1.807, 2.05) is 25.1 Å². The number of esters is 1. The number of benzene rings is 2. The molecule has 2 heterocycles. The van der Waals surface area contributed by atoms with Crippen LogP contribution in [0.2, 0.25) is 5.02 Å². The summed E-state index contributed by atoms with van der Waals surface area (Å²) in [5.41, 5.74) is 1.83. The second-order valence-electron chi connectivity index (χ2n) is 8.48. The SMILES string of the molecule is C=CC(=O)Nc1cc2c(Nc3ccccc3Cl)ncnc2cc1OCCCCN1CC(=O)O[C@@H](C)C1. The fourth-order valence-corrected chi connectivity index (χ4v) is 4.16. The van der Waals surface area contributed by atoms with E-state index < -0.39 is 0 Å². The predicted octanol–water partition coefficient (Wildman–Crippen LogP) is 4.56. The molecule has 0 radical (unpaired) electrons. The fraction of sp³-hybridized carbons (Fsp3) is 0.308. The maximum atomic E-state index is 12.1. The molecule has 0 aliphatic carbocycles. The standard InChI is InChI=1S/C26H28ClN5O4/c1-3-24(33)30-22-12-18-21(28-16-29-26(18)31-20-9-5-4-8-19(20)27)13-23(22)35-11-7-6-10-32-14-17(2)36-25(34)15-32/h3-5,8-9,12-13,16-17H,1,6-7,10-11,14-15H2,2H3,(H,30,33)(H,28,29,31)/t17-/m0/s1. The predicted molar refractivity (Wildman–Crippen MR) is 140 cm³/mol. The summed E-state index contributed by atoms with van der Waals surface area (Å²) in [4.78, 5) is 34.5. The van der Waals surface area contributed by atoms with Crippen LogP contribution in [0, 0.1) is 0 Å². The third-order valence-electron chi connectivity index (χ3n) is 5.63. The molecule has 10 heteroatoms. The maximum absolute atomic E-state index is 12.1. The molecule has 0 unspecified atom stereocenters. The van der Waals surface area contributed by atoms with Crippen LogP contribution >= 0.6 is 11.6 Å². The van der Waals surface area contributed by atoms with Crippen molar-refractivity contribution >= 4 is 51.6 Å². The van der Waals surface area contributed by atoms with Gasteiger partial charge in [0.1, 0.15) is 24.0 Å². The van der Waals surface area contributed by atoms with Gasteiger partial charge in [-0.1, -0.05) is 30.3 Å². The van der Waals surface area contributed by atoms with Crippen LogP contribution in [0.1, 0.15) is 19.8 Å². The number of unbranched alkanes of at least 4 members (excludes halogenated alkanes) is 1. The lowest BCUT2D eigenvalue weighted by molar-refractivity contribution is -0.157. The third-order valence-corrected chi connectivity index (χ3v) is 5.96. The summed E-state index contributed by atoms with van der Waals surface area (Å²) in [5, 5.41) is 7.28. The number of carbonyl (C=O) groups excluding carboxylic acids is 2. The van der Waals surface area contributed by atoms with E-state index in [1.165, 1.54) is 12.4 Å². The number of aromatic nitrogens is 2. The summed E-state index contributed by atoms with van der Waals surface area (Å²) in [6.45, 7) is 7.70. The van der Waals surface area contributed by atoms with Gasteiger partial charge < -0.3 is 20.1 Å². The van der Waals surface area contributed by atoms with Gasteiger partial charge in [-0.2, -0.15) is 0 Å². The van der Waals surface area contributed by atoms with Crippen molar-refractivity contribution in [3.8, 4) is 5.75 Å². The first-order valence-corrected chi connectivity index (χ1v) is 12.1. The van der Waals surface area contributed by atoms with Crippen molar-refractivity contribution in [1.29, 1.82) is 0 Å². The van der Waals surface area contributed by atoms with Gasteiger partial charge in [0.2, 0.25) is 5.91 Å². The third kappa shape index (κ3) is 6.50. The molecule has 3 aromatic rings. The van der Waals surface area contributed by atoms with Crippen LogP contribution < -0.4 is 15.4 Å². The van der Waals surface area contributed by atoms with E-state index in [1.54, 1.807) is 18.2 Å². The van der Waals surface area contributed by atoms with Crippen LogP contribution in [0.4, 0.5) is 17.2 Å². The topological polar surface area (TPSA) is 106 Å². The van der Waals surface area contributed by atoms with Gasteiger partial charge in [0.05, 0.1) is 35.1 Å². The van der Waals surface area contributed by atoms with Crippen molar-refractivity contribution in [3.05, 3.63) is 60.4 Å². The smallest absolute Gasteiger partial charge is 0.320 e. The van der Waals surface area contributed by atoms with E-state index >= 15 is 0 Å². The fourth-order valence-electron chi connectivity index (χ4n) is 3.97. The Morgan fingerprint density at radius 3 is 2.89 bits per heavy atom. The van der Waals surface area contributed by atoms with Crippen LogP contribution in [0.15, 0.2) is 55.4 Å². The molecule has 0 saturated carbocycles. The van der Waals surface area contributed by atoms with Crippen molar-refractivity contribution in [2.75, 3.05) is 36.9 Å². The Kier molecular flexibility index (Phi) is 8.35. The van der Waals surface area contributed by atoms with E-state index in [9.17, 15) is 9.59 Å². The van der Waals surface area contributed by atoms with Crippen LogP contribution in [-0.4, -0.2) is 59.1 Å². The second kappa shape index (κ2) is 11.8. The zero-order valence-electron chi connectivity index (χ0n) is 20.0. The minimum Gasteiger partial charge on any atom is -0.491 e. The Bertz CT molecular complexity index is 1270. The summed E-state index contributed by atoms with van der Waals surface area (Å²) in [6.07, 6.45) is 4.20. The number of halogens is 1. The number of amides is 1. The van der Waals surface area contributed by atoms with Crippen molar-refractivity contribution < 1.29 is 19.1 Å². The summed E-state index contributed by atoms with van der Waals surface area (Å²) >= 11 is 6.30. The summed E-state index contributed by atoms with van der Waals surface area (Å²) in [6, 6.07) is 10.9. The number of cyclic esters (lactones) is 1. The zero-order chi connectivity index (χ0) is 25.5. The van der Waals surface area contributed by atoms with Gasteiger partial charge in [0, 0.05) is 18.0 Å². The lowest BCUT2D eigenvalue weighted by Crippen LogP contribution is -2.44. The molecule has 1 atom stereocenters. The average molecular weight is 510 g/mol. The van der Waals surface area contributed by atoms with Gasteiger partial charge in [-0.15, -0.1) is 0 Å². The van der Waals surface area contributed by atoms with E-state index in [2.05, 4.69) is 32.1 Å². The first kappa shape index (κ1) is 25.4. The highest BCUT2D eigenvalue weighted by molar-refractivity contribution is 6.33. The van der Waals surface area contributed by atoms with E-state index in [0.717, 1.165) is 25.9 Å². The largest absolute Gasteiger partial charge is 0.491 e. The molecule has 2 N–H and O–H groups in total. The van der Waals surface area contributed by atoms with Crippen molar-refractivity contribution in [1.82, 2.24) is 14.9 Å². The molecule has 1 fully saturated rings. The monoisotopic (exact) mass is 509 g/mol. The minimum absolute atomic E-state index is 0.0876. The number of nitrogens with zero attached hydrogens (tertiary/aromatic N) is 3. The highest BCUT2D eigenvalue weighted by Crippen LogP contribution is 2.34. The van der Waals surface area contributed by atoms with Crippen LogP contribution in [-0.2, 0) is 14.3 Å². The quantitative estimate of drug-likeness (QED) is 0.233. The second-order valence-corrected chi connectivity index (χ2v) is 8.88. The van der Waals surface area contributed by atoms with Gasteiger partial charge >= 0.3 is 5.97 Å². The Morgan fingerprint density at radius 2 is 2.11 bits per heavy atom. The molecule has 9 nitrogen and oxygen atoms in total. The molecule has 36 heavy (non-hydrogen) atoms. The maximum Gasteiger partial charge on any atom is 0.320 e. The molecule has 4 rings (SSSR count). The highest BCUT2D eigenvalue weighted by atomic mass is 35.5. The van der Waals surface area contributed by atoms with Gasteiger partial charge in [0.15, 0.2) is 0 Å². The Hall–Kier alpha value is -3.69. The highest BCUT2D eigenvalue weighted by Gasteiger charge is 2.22. The minimum atomic E-state index is -0.359. The van der Waals surface area contributed by atoms with Gasteiger partial charge in [-0.05, 0) is 50.6 Å². The molecule has 1 amide bonds. The first-order valence-electron chi connectivity index (χ1n) is 11.7. The summed E-state index contributed by atoms with van der Waals surface area (Å²) in [7, 11) is 0. The molecule has 0 bridgehead atoms. The van der Waals surface area contributed by atoms with Crippen molar-refractivity contribution in [2.45, 2.75) is 25.9 Å². The molecule has 1 aliphatic heterocycles. The number of hydrogen-bond donors (Lipinski definition) is 2. The number of nitrogens with one attached hydrogen (secondary N) is 2. The van der Waals surface area contributed by atoms with Crippen LogP contribution in [0.25, 0.3) is 10.9 Å². The van der Waals surface area contributed by atoms with Crippen molar-refractivity contribution in [2.24, 2.45) is 0 Å². The van der Waals surface area contributed by atoms with E-state index in [-0.39, 0.29) is 18.0 Å². The molecular weight excluding hydrogens is 482 g/mol. The Labute approximate surface area is 214 Å². The number of carbonyl (C=O) groups is 2. The molecule has 1 saturated heterocycles. The molecule has 2 aromatic carbocycles. The lowest BCUT2D eigenvalue weighted by Gasteiger charge is -2.30. The average Bonchev–Trinajstić information content (AvgIpc) is 2.85. The Morgan fingerprint density at radius 1 is 1.28 bits per heavy atom. The zero-order valence-corrected chi connectivity index (χ0v) is 20.8. The lowest BCUT2D eigenvalue weighted by atomic mass is 10.1. The van der Waals surface area contributed by atoms with Gasteiger partial charge in [-0.3, -0.25) is 14.5 Å². The number of fused-ring (bicyclic) bond motifs is 1. The molecular formula is C26H28ClN5O4. The van der Waals surface area contributed by atoms with Crippen LogP contribution in [0.5, 0.6) is 5.75 Å². The number of rotatable bonds is 10. The molecule has 1 aromatic heterocycles. The first-order chi connectivity index (χ1) is 17.4. The van der Waals surface area contributed by atoms with Crippen LogP contribution in [0.3, 0.4) is 0 Å². The normalized spacial score (nSPS) is 15.8. The molecule has 0 spiro atoms. The van der Waals surface area contributed by atoms with E-state index in [0.29, 0.717) is 52.0 Å².